The first kappa shape index (κ1) is 15.3. The number of nitrogens with one attached hydrogen (secondary N) is 1. The highest BCUT2D eigenvalue weighted by molar-refractivity contribution is 5.43. The molecule has 2 rings (SSSR count). The van der Waals surface area contributed by atoms with Gasteiger partial charge >= 0.3 is 0 Å². The Morgan fingerprint density at radius 3 is 2.24 bits per heavy atom. The van der Waals surface area contributed by atoms with Gasteiger partial charge in [0.1, 0.15) is 0 Å². The fourth-order valence-electron chi connectivity index (χ4n) is 1.89. The normalized spacial score (nSPS) is 10.5. The summed E-state index contributed by atoms with van der Waals surface area (Å²) in [5, 5.41) is 3.01. The van der Waals surface area contributed by atoms with Crippen LogP contribution in [0.3, 0.4) is 0 Å². The summed E-state index contributed by atoms with van der Waals surface area (Å²) < 4.78 is 38.5. The maximum absolute atomic E-state index is 14.0. The largest absolute Gasteiger partial charge is 0.493 e. The lowest BCUT2D eigenvalue weighted by atomic mass is 10.2. The van der Waals surface area contributed by atoms with Gasteiger partial charge < -0.3 is 14.8 Å². The summed E-state index contributed by atoms with van der Waals surface area (Å²) in [4.78, 5) is 0. The van der Waals surface area contributed by atoms with Crippen LogP contribution in [0.2, 0.25) is 0 Å². The Labute approximate surface area is 122 Å². The van der Waals surface area contributed by atoms with E-state index in [0.717, 1.165) is 6.54 Å². The van der Waals surface area contributed by atoms with E-state index in [1.165, 1.54) is 19.2 Å². The number of benzene rings is 2. The summed E-state index contributed by atoms with van der Waals surface area (Å²) in [6.45, 7) is 3.05. The molecule has 0 fully saturated rings. The van der Waals surface area contributed by atoms with Gasteiger partial charge in [-0.05, 0) is 36.4 Å². The topological polar surface area (TPSA) is 30.5 Å². The van der Waals surface area contributed by atoms with Crippen molar-refractivity contribution in [3.05, 3.63) is 53.6 Å². The molecule has 0 aliphatic heterocycles. The third-order valence-electron chi connectivity index (χ3n) is 2.92. The lowest BCUT2D eigenvalue weighted by Gasteiger charge is -2.12. The fraction of sp³-hybridized carbons (Fsp3) is 0.250. The van der Waals surface area contributed by atoms with Gasteiger partial charge in [0.25, 0.3) is 0 Å². The summed E-state index contributed by atoms with van der Waals surface area (Å²) in [5.41, 5.74) is 0.527. The first-order valence-electron chi connectivity index (χ1n) is 6.65. The molecule has 0 spiro atoms. The van der Waals surface area contributed by atoms with Crippen LogP contribution in [0.15, 0.2) is 36.4 Å². The Balaban J connectivity index is 2.28. The summed E-state index contributed by atoms with van der Waals surface area (Å²) in [6.07, 6.45) is 0. The number of methoxy groups -OCH3 is 1. The van der Waals surface area contributed by atoms with Crippen molar-refractivity contribution in [3.63, 3.8) is 0 Å². The second-order valence-electron chi connectivity index (χ2n) is 4.42. The van der Waals surface area contributed by atoms with Crippen LogP contribution in [-0.2, 0) is 6.54 Å². The SMILES string of the molecule is CCNCc1cc(F)c(Oc2ccccc2OC)c(F)c1. The molecule has 0 amide bonds. The van der Waals surface area contributed by atoms with E-state index in [-0.39, 0.29) is 5.75 Å². The Bertz CT molecular complexity index is 594. The van der Waals surface area contributed by atoms with Crippen molar-refractivity contribution in [1.82, 2.24) is 5.32 Å². The smallest absolute Gasteiger partial charge is 0.198 e. The van der Waals surface area contributed by atoms with Crippen molar-refractivity contribution in [2.45, 2.75) is 13.5 Å². The standard InChI is InChI=1S/C16H17F2NO2/c1-3-19-10-11-8-12(17)16(13(18)9-11)21-15-7-5-4-6-14(15)20-2/h4-9,19H,3,10H2,1-2H3. The summed E-state index contributed by atoms with van der Waals surface area (Å²) in [6, 6.07) is 9.22. The maximum Gasteiger partial charge on any atom is 0.198 e. The average molecular weight is 293 g/mol. The van der Waals surface area contributed by atoms with Crippen LogP contribution in [-0.4, -0.2) is 13.7 Å². The highest BCUT2D eigenvalue weighted by atomic mass is 19.1. The monoisotopic (exact) mass is 293 g/mol. The molecule has 1 N–H and O–H groups in total. The minimum atomic E-state index is -0.742. The third kappa shape index (κ3) is 3.70. The van der Waals surface area contributed by atoms with Gasteiger partial charge in [-0.1, -0.05) is 19.1 Å². The summed E-state index contributed by atoms with van der Waals surface area (Å²) in [7, 11) is 1.47. The molecule has 0 heterocycles. The van der Waals surface area contributed by atoms with E-state index < -0.39 is 17.4 Å². The lowest BCUT2D eigenvalue weighted by molar-refractivity contribution is 0.359. The molecule has 112 valence electrons. The number of rotatable bonds is 6. The highest BCUT2D eigenvalue weighted by Crippen LogP contribution is 2.34. The van der Waals surface area contributed by atoms with E-state index in [9.17, 15) is 8.78 Å². The number of halogens is 2. The second-order valence-corrected chi connectivity index (χ2v) is 4.42. The molecule has 0 aliphatic rings. The van der Waals surface area contributed by atoms with Crippen LogP contribution in [0.5, 0.6) is 17.2 Å². The van der Waals surface area contributed by atoms with E-state index in [4.69, 9.17) is 9.47 Å². The first-order chi connectivity index (χ1) is 10.2. The van der Waals surface area contributed by atoms with E-state index in [1.807, 2.05) is 6.92 Å². The van der Waals surface area contributed by atoms with E-state index in [0.29, 0.717) is 17.9 Å². The minimum absolute atomic E-state index is 0.261. The second kappa shape index (κ2) is 7.04. The van der Waals surface area contributed by atoms with Crippen molar-refractivity contribution in [2.75, 3.05) is 13.7 Å². The zero-order valence-corrected chi connectivity index (χ0v) is 12.0. The van der Waals surface area contributed by atoms with Crippen molar-refractivity contribution in [1.29, 1.82) is 0 Å². The molecule has 0 saturated heterocycles. The average Bonchev–Trinajstić information content (AvgIpc) is 2.49. The zero-order chi connectivity index (χ0) is 15.2. The molecule has 0 aliphatic carbocycles. The van der Waals surface area contributed by atoms with Crippen LogP contribution < -0.4 is 14.8 Å². The Morgan fingerprint density at radius 1 is 1.05 bits per heavy atom. The first-order valence-corrected chi connectivity index (χ1v) is 6.65. The van der Waals surface area contributed by atoms with Crippen molar-refractivity contribution < 1.29 is 18.3 Å². The molecular formula is C16H17F2NO2. The minimum Gasteiger partial charge on any atom is -0.493 e. The van der Waals surface area contributed by atoms with Gasteiger partial charge in [-0.25, -0.2) is 8.78 Å². The van der Waals surface area contributed by atoms with Gasteiger partial charge in [0.2, 0.25) is 0 Å². The van der Waals surface area contributed by atoms with Gasteiger partial charge in [-0.2, -0.15) is 0 Å². The molecule has 2 aromatic rings. The number of para-hydroxylation sites is 2. The molecule has 0 radical (unpaired) electrons. The van der Waals surface area contributed by atoms with E-state index in [1.54, 1.807) is 24.3 Å². The molecule has 0 saturated carbocycles. The molecule has 21 heavy (non-hydrogen) atoms. The molecular weight excluding hydrogens is 276 g/mol. The third-order valence-corrected chi connectivity index (χ3v) is 2.92. The molecule has 2 aromatic carbocycles. The van der Waals surface area contributed by atoms with Gasteiger partial charge in [-0.15, -0.1) is 0 Å². The van der Waals surface area contributed by atoms with E-state index in [2.05, 4.69) is 5.32 Å². The Morgan fingerprint density at radius 2 is 1.67 bits per heavy atom. The van der Waals surface area contributed by atoms with Crippen molar-refractivity contribution in [3.8, 4) is 17.2 Å². The molecule has 5 heteroatoms. The summed E-state index contributed by atoms with van der Waals surface area (Å²) >= 11 is 0. The molecule has 0 bridgehead atoms. The van der Waals surface area contributed by atoms with Crippen LogP contribution in [0, 0.1) is 11.6 Å². The van der Waals surface area contributed by atoms with Gasteiger partial charge in [0, 0.05) is 6.54 Å². The fourth-order valence-corrected chi connectivity index (χ4v) is 1.89. The zero-order valence-electron chi connectivity index (χ0n) is 12.0. The van der Waals surface area contributed by atoms with Crippen molar-refractivity contribution >= 4 is 0 Å². The van der Waals surface area contributed by atoms with Crippen LogP contribution >= 0.6 is 0 Å². The maximum atomic E-state index is 14.0. The summed E-state index contributed by atoms with van der Waals surface area (Å²) in [5.74, 6) is -1.24. The predicted molar refractivity (Wildman–Crippen MR) is 76.8 cm³/mol. The van der Waals surface area contributed by atoms with Crippen LogP contribution in [0.1, 0.15) is 12.5 Å². The number of hydrogen-bond donors (Lipinski definition) is 1. The lowest BCUT2D eigenvalue weighted by Crippen LogP contribution is -2.12. The van der Waals surface area contributed by atoms with Crippen LogP contribution in [0.4, 0.5) is 8.78 Å². The Hall–Kier alpha value is -2.14. The molecule has 0 atom stereocenters. The quantitative estimate of drug-likeness (QED) is 0.877. The molecule has 3 nitrogen and oxygen atoms in total. The van der Waals surface area contributed by atoms with Crippen LogP contribution in [0.25, 0.3) is 0 Å². The van der Waals surface area contributed by atoms with E-state index >= 15 is 0 Å². The highest BCUT2D eigenvalue weighted by Gasteiger charge is 2.15. The van der Waals surface area contributed by atoms with Crippen molar-refractivity contribution in [2.24, 2.45) is 0 Å². The van der Waals surface area contributed by atoms with Gasteiger partial charge in [0.05, 0.1) is 7.11 Å². The predicted octanol–water partition coefficient (Wildman–Crippen LogP) is 3.88. The van der Waals surface area contributed by atoms with Gasteiger partial charge in [-0.3, -0.25) is 0 Å². The number of hydrogen-bond acceptors (Lipinski definition) is 3. The molecule has 0 unspecified atom stereocenters. The number of ether oxygens (including phenoxy) is 2. The molecule has 0 aromatic heterocycles. The Kier molecular flexibility index (Phi) is 5.11. The van der Waals surface area contributed by atoms with Gasteiger partial charge in [0.15, 0.2) is 28.9 Å².